The Morgan fingerprint density at radius 1 is 1.47 bits per heavy atom. The van der Waals surface area contributed by atoms with Gasteiger partial charge < -0.3 is 20.7 Å². The maximum absolute atomic E-state index is 11.9. The first-order chi connectivity index (χ1) is 8.06. The SMILES string of the molecule is COCCNc1cc(N)ccc1C(=O)N(C)C. The van der Waals surface area contributed by atoms with Gasteiger partial charge in [0.15, 0.2) is 0 Å². The normalized spacial score (nSPS) is 10.1. The number of carbonyl (C=O) groups excluding carboxylic acids is 1. The Morgan fingerprint density at radius 2 is 2.18 bits per heavy atom. The van der Waals surface area contributed by atoms with Crippen molar-refractivity contribution in [2.24, 2.45) is 0 Å². The van der Waals surface area contributed by atoms with Crippen molar-refractivity contribution in [3.63, 3.8) is 0 Å². The number of amides is 1. The number of nitrogen functional groups attached to an aromatic ring is 1. The topological polar surface area (TPSA) is 67.6 Å². The summed E-state index contributed by atoms with van der Waals surface area (Å²) in [6.07, 6.45) is 0. The number of benzene rings is 1. The first-order valence-electron chi connectivity index (χ1n) is 5.40. The van der Waals surface area contributed by atoms with Crippen molar-refractivity contribution >= 4 is 17.3 Å². The molecule has 3 N–H and O–H groups in total. The van der Waals surface area contributed by atoms with Crippen LogP contribution in [0.3, 0.4) is 0 Å². The second kappa shape index (κ2) is 6.10. The maximum Gasteiger partial charge on any atom is 0.255 e. The van der Waals surface area contributed by atoms with Gasteiger partial charge in [-0.05, 0) is 18.2 Å². The molecule has 1 rings (SSSR count). The Bertz CT molecular complexity index is 391. The van der Waals surface area contributed by atoms with E-state index in [1.165, 1.54) is 4.90 Å². The molecule has 0 aliphatic rings. The fourth-order valence-corrected chi connectivity index (χ4v) is 1.42. The number of carbonyl (C=O) groups is 1. The Labute approximate surface area is 102 Å². The van der Waals surface area contributed by atoms with E-state index in [0.29, 0.717) is 24.4 Å². The van der Waals surface area contributed by atoms with Gasteiger partial charge in [0.05, 0.1) is 12.2 Å². The lowest BCUT2D eigenvalue weighted by molar-refractivity contribution is 0.0828. The van der Waals surface area contributed by atoms with Crippen molar-refractivity contribution in [1.82, 2.24) is 4.90 Å². The molecule has 0 aromatic heterocycles. The standard InChI is InChI=1S/C12H19N3O2/c1-15(2)12(16)10-5-4-9(13)8-11(10)14-6-7-17-3/h4-5,8,14H,6-7,13H2,1-3H3. The van der Waals surface area contributed by atoms with Crippen molar-refractivity contribution < 1.29 is 9.53 Å². The molecule has 0 aliphatic carbocycles. The van der Waals surface area contributed by atoms with Crippen LogP contribution in [0, 0.1) is 0 Å². The molecule has 0 fully saturated rings. The Morgan fingerprint density at radius 3 is 2.76 bits per heavy atom. The molecule has 0 radical (unpaired) electrons. The highest BCUT2D eigenvalue weighted by Crippen LogP contribution is 2.20. The van der Waals surface area contributed by atoms with Crippen LogP contribution in [0.4, 0.5) is 11.4 Å². The molecule has 0 unspecified atom stereocenters. The van der Waals surface area contributed by atoms with Gasteiger partial charge in [0.2, 0.25) is 0 Å². The number of ether oxygens (including phenoxy) is 1. The highest BCUT2D eigenvalue weighted by molar-refractivity contribution is 5.99. The number of hydrogen-bond acceptors (Lipinski definition) is 4. The molecule has 0 atom stereocenters. The van der Waals surface area contributed by atoms with Gasteiger partial charge in [-0.1, -0.05) is 0 Å². The molecule has 5 nitrogen and oxygen atoms in total. The Hall–Kier alpha value is -1.75. The Kier molecular flexibility index (Phi) is 4.78. The molecule has 0 saturated carbocycles. The smallest absolute Gasteiger partial charge is 0.255 e. The third kappa shape index (κ3) is 3.64. The van der Waals surface area contributed by atoms with E-state index in [9.17, 15) is 4.79 Å². The lowest BCUT2D eigenvalue weighted by Crippen LogP contribution is -2.23. The van der Waals surface area contributed by atoms with Crippen LogP contribution in [0.25, 0.3) is 0 Å². The Balaban J connectivity index is 2.91. The fraction of sp³-hybridized carbons (Fsp3) is 0.417. The second-order valence-electron chi connectivity index (χ2n) is 3.92. The molecule has 5 heteroatoms. The van der Waals surface area contributed by atoms with Crippen LogP contribution >= 0.6 is 0 Å². The summed E-state index contributed by atoms with van der Waals surface area (Å²) in [5.41, 5.74) is 7.69. The molecule has 0 saturated heterocycles. The monoisotopic (exact) mass is 237 g/mol. The predicted octanol–water partition coefficient (Wildman–Crippen LogP) is 1.03. The van der Waals surface area contributed by atoms with Gasteiger partial charge in [-0.25, -0.2) is 0 Å². The summed E-state index contributed by atoms with van der Waals surface area (Å²) in [5.74, 6) is -0.0510. The van der Waals surface area contributed by atoms with E-state index in [-0.39, 0.29) is 5.91 Å². The average molecular weight is 237 g/mol. The molecule has 0 heterocycles. The molecule has 1 aromatic carbocycles. The third-order valence-electron chi connectivity index (χ3n) is 2.30. The zero-order valence-electron chi connectivity index (χ0n) is 10.5. The number of nitrogens with zero attached hydrogens (tertiary/aromatic N) is 1. The van der Waals surface area contributed by atoms with Crippen LogP contribution < -0.4 is 11.1 Å². The van der Waals surface area contributed by atoms with Gasteiger partial charge in [0.25, 0.3) is 5.91 Å². The lowest BCUT2D eigenvalue weighted by Gasteiger charge is -2.15. The zero-order valence-corrected chi connectivity index (χ0v) is 10.5. The molecular weight excluding hydrogens is 218 g/mol. The number of nitrogens with one attached hydrogen (secondary N) is 1. The maximum atomic E-state index is 11.9. The molecule has 94 valence electrons. The highest BCUT2D eigenvalue weighted by Gasteiger charge is 2.13. The summed E-state index contributed by atoms with van der Waals surface area (Å²) < 4.78 is 4.95. The van der Waals surface area contributed by atoms with Gasteiger partial charge >= 0.3 is 0 Å². The summed E-state index contributed by atoms with van der Waals surface area (Å²) in [5, 5.41) is 3.14. The van der Waals surface area contributed by atoms with E-state index in [4.69, 9.17) is 10.5 Å². The fourth-order valence-electron chi connectivity index (χ4n) is 1.42. The number of hydrogen-bond donors (Lipinski definition) is 2. The van der Waals surface area contributed by atoms with Crippen molar-refractivity contribution in [3.05, 3.63) is 23.8 Å². The van der Waals surface area contributed by atoms with Crippen LogP contribution in [-0.2, 0) is 4.74 Å². The number of anilines is 2. The summed E-state index contributed by atoms with van der Waals surface area (Å²) in [6.45, 7) is 1.21. The summed E-state index contributed by atoms with van der Waals surface area (Å²) in [6, 6.07) is 5.21. The van der Waals surface area contributed by atoms with Crippen LogP contribution in [0.5, 0.6) is 0 Å². The van der Waals surface area contributed by atoms with E-state index in [2.05, 4.69) is 5.32 Å². The van der Waals surface area contributed by atoms with E-state index in [1.807, 2.05) is 0 Å². The molecule has 1 amide bonds. The minimum absolute atomic E-state index is 0.0510. The number of rotatable bonds is 5. The zero-order chi connectivity index (χ0) is 12.8. The minimum atomic E-state index is -0.0510. The molecule has 17 heavy (non-hydrogen) atoms. The predicted molar refractivity (Wildman–Crippen MR) is 69.2 cm³/mol. The minimum Gasteiger partial charge on any atom is -0.399 e. The molecule has 1 aromatic rings. The van der Waals surface area contributed by atoms with Crippen molar-refractivity contribution in [2.45, 2.75) is 0 Å². The number of nitrogens with two attached hydrogens (primary N) is 1. The van der Waals surface area contributed by atoms with Crippen LogP contribution in [0.2, 0.25) is 0 Å². The van der Waals surface area contributed by atoms with Crippen molar-refractivity contribution in [1.29, 1.82) is 0 Å². The molecule has 0 aliphatic heterocycles. The molecular formula is C12H19N3O2. The highest BCUT2D eigenvalue weighted by atomic mass is 16.5. The van der Waals surface area contributed by atoms with E-state index in [1.54, 1.807) is 39.4 Å². The third-order valence-corrected chi connectivity index (χ3v) is 2.30. The average Bonchev–Trinajstić information content (AvgIpc) is 2.28. The van der Waals surface area contributed by atoms with Crippen molar-refractivity contribution in [3.8, 4) is 0 Å². The number of methoxy groups -OCH3 is 1. The second-order valence-corrected chi connectivity index (χ2v) is 3.92. The van der Waals surface area contributed by atoms with Crippen LogP contribution in [-0.4, -0.2) is 45.2 Å². The summed E-state index contributed by atoms with van der Waals surface area (Å²) in [4.78, 5) is 13.5. The van der Waals surface area contributed by atoms with Crippen molar-refractivity contribution in [2.75, 3.05) is 45.4 Å². The first kappa shape index (κ1) is 13.3. The van der Waals surface area contributed by atoms with E-state index >= 15 is 0 Å². The van der Waals surface area contributed by atoms with Gasteiger partial charge in [-0.3, -0.25) is 4.79 Å². The van der Waals surface area contributed by atoms with Gasteiger partial charge in [-0.2, -0.15) is 0 Å². The summed E-state index contributed by atoms with van der Waals surface area (Å²) in [7, 11) is 5.07. The summed E-state index contributed by atoms with van der Waals surface area (Å²) >= 11 is 0. The largest absolute Gasteiger partial charge is 0.399 e. The quantitative estimate of drug-likeness (QED) is 0.593. The van der Waals surface area contributed by atoms with Gasteiger partial charge in [0.1, 0.15) is 0 Å². The van der Waals surface area contributed by atoms with E-state index < -0.39 is 0 Å². The first-order valence-corrected chi connectivity index (χ1v) is 5.40. The van der Waals surface area contributed by atoms with Crippen LogP contribution in [0.15, 0.2) is 18.2 Å². The molecule has 0 bridgehead atoms. The van der Waals surface area contributed by atoms with Gasteiger partial charge in [-0.15, -0.1) is 0 Å². The van der Waals surface area contributed by atoms with Gasteiger partial charge in [0, 0.05) is 39.1 Å². The van der Waals surface area contributed by atoms with Crippen LogP contribution in [0.1, 0.15) is 10.4 Å². The van der Waals surface area contributed by atoms with E-state index in [0.717, 1.165) is 5.69 Å². The lowest BCUT2D eigenvalue weighted by atomic mass is 10.1. The molecule has 0 spiro atoms.